The first-order chi connectivity index (χ1) is 9.01. The van der Waals surface area contributed by atoms with Gasteiger partial charge >= 0.3 is 12.2 Å². The van der Waals surface area contributed by atoms with Crippen molar-refractivity contribution in [3.63, 3.8) is 0 Å². The third-order valence-corrected chi connectivity index (χ3v) is 2.77. The summed E-state index contributed by atoms with van der Waals surface area (Å²) in [4.78, 5) is 13.1. The maximum atomic E-state index is 13.0. The summed E-state index contributed by atoms with van der Waals surface area (Å²) < 4.78 is 30.8. The van der Waals surface area contributed by atoms with E-state index in [1.165, 1.54) is 11.0 Å². The molecule has 0 bridgehead atoms. The van der Waals surface area contributed by atoms with Gasteiger partial charge in [0, 0.05) is 18.7 Å². The fraction of sp³-hybridized carbons (Fsp3) is 0.357. The quantitative estimate of drug-likeness (QED) is 0.772. The normalized spacial score (nSPS) is 9.95. The predicted octanol–water partition coefficient (Wildman–Crippen LogP) is 4.04. The van der Waals surface area contributed by atoms with E-state index in [0.29, 0.717) is 18.7 Å². The molecule has 19 heavy (non-hydrogen) atoms. The fourth-order valence-electron chi connectivity index (χ4n) is 1.66. The van der Waals surface area contributed by atoms with Crippen LogP contribution >= 0.6 is 0 Å². The Balaban J connectivity index is 3.03. The van der Waals surface area contributed by atoms with E-state index in [-0.39, 0.29) is 5.56 Å². The van der Waals surface area contributed by atoms with Crippen molar-refractivity contribution >= 4 is 11.9 Å². The second-order valence-corrected chi connectivity index (χ2v) is 3.94. The lowest BCUT2D eigenvalue weighted by Gasteiger charge is -2.19. The summed E-state index contributed by atoms with van der Waals surface area (Å²) in [5, 5.41) is 0. The molecule has 0 aliphatic heterocycles. The fourth-order valence-corrected chi connectivity index (χ4v) is 1.66. The molecule has 0 saturated carbocycles. The zero-order valence-corrected chi connectivity index (χ0v) is 11.2. The predicted molar refractivity (Wildman–Crippen MR) is 69.7 cm³/mol. The average molecular weight is 269 g/mol. The standard InChI is InChI=1S/C14H17F2NO2/c1-4-17(5-2)14(18)19-12(13(15)16)11-9-7-6-8-10(11)3/h6-9H,4-5H2,1-3H3. The van der Waals surface area contributed by atoms with Crippen LogP contribution in [0.2, 0.25) is 0 Å². The van der Waals surface area contributed by atoms with Gasteiger partial charge in [-0.15, -0.1) is 0 Å². The smallest absolute Gasteiger partial charge is 0.404 e. The molecule has 0 spiro atoms. The summed E-state index contributed by atoms with van der Waals surface area (Å²) in [7, 11) is 0. The number of amides is 1. The molecule has 104 valence electrons. The molecule has 1 amide bonds. The van der Waals surface area contributed by atoms with Gasteiger partial charge in [0.2, 0.25) is 5.76 Å². The first kappa shape index (κ1) is 15.1. The Labute approximate surface area is 111 Å². The Morgan fingerprint density at radius 1 is 1.21 bits per heavy atom. The summed E-state index contributed by atoms with van der Waals surface area (Å²) in [5.74, 6) is -0.671. The monoisotopic (exact) mass is 269 g/mol. The van der Waals surface area contributed by atoms with Crippen molar-refractivity contribution < 1.29 is 18.3 Å². The van der Waals surface area contributed by atoms with E-state index in [1.54, 1.807) is 39.0 Å². The number of aryl methyl sites for hydroxylation is 1. The van der Waals surface area contributed by atoms with Crippen LogP contribution in [0.3, 0.4) is 0 Å². The van der Waals surface area contributed by atoms with Crippen LogP contribution in [0, 0.1) is 6.92 Å². The van der Waals surface area contributed by atoms with Gasteiger partial charge in [0.15, 0.2) is 0 Å². The molecule has 0 saturated heterocycles. The second-order valence-electron chi connectivity index (χ2n) is 3.94. The maximum Gasteiger partial charge on any atom is 0.415 e. The summed E-state index contributed by atoms with van der Waals surface area (Å²) in [6, 6.07) is 6.54. The van der Waals surface area contributed by atoms with E-state index >= 15 is 0 Å². The zero-order chi connectivity index (χ0) is 14.4. The lowest BCUT2D eigenvalue weighted by molar-refractivity contribution is 0.145. The molecular formula is C14H17F2NO2. The van der Waals surface area contributed by atoms with Gasteiger partial charge < -0.3 is 9.64 Å². The van der Waals surface area contributed by atoms with Gasteiger partial charge in [0.25, 0.3) is 0 Å². The van der Waals surface area contributed by atoms with Gasteiger partial charge in [0.05, 0.1) is 0 Å². The van der Waals surface area contributed by atoms with E-state index in [9.17, 15) is 13.6 Å². The molecule has 1 aromatic carbocycles. The molecule has 0 atom stereocenters. The van der Waals surface area contributed by atoms with Crippen LogP contribution in [0.15, 0.2) is 30.3 Å². The molecule has 0 fully saturated rings. The molecule has 0 unspecified atom stereocenters. The van der Waals surface area contributed by atoms with E-state index in [2.05, 4.69) is 0 Å². The highest BCUT2D eigenvalue weighted by atomic mass is 19.3. The van der Waals surface area contributed by atoms with E-state index in [4.69, 9.17) is 4.74 Å². The Hall–Kier alpha value is -1.91. The van der Waals surface area contributed by atoms with Crippen molar-refractivity contribution in [1.82, 2.24) is 4.90 Å². The van der Waals surface area contributed by atoms with Crippen LogP contribution in [0.4, 0.5) is 13.6 Å². The highest BCUT2D eigenvalue weighted by Gasteiger charge is 2.20. The van der Waals surface area contributed by atoms with Crippen molar-refractivity contribution in [2.24, 2.45) is 0 Å². The molecule has 0 radical (unpaired) electrons. The lowest BCUT2D eigenvalue weighted by Crippen LogP contribution is -2.30. The van der Waals surface area contributed by atoms with Crippen molar-refractivity contribution in [2.45, 2.75) is 20.8 Å². The molecule has 0 aliphatic rings. The van der Waals surface area contributed by atoms with Gasteiger partial charge in [-0.2, -0.15) is 8.78 Å². The molecule has 0 aliphatic carbocycles. The van der Waals surface area contributed by atoms with Crippen LogP contribution in [0.25, 0.3) is 5.76 Å². The minimum Gasteiger partial charge on any atom is -0.404 e. The summed E-state index contributed by atoms with van der Waals surface area (Å²) >= 11 is 0. The summed E-state index contributed by atoms with van der Waals surface area (Å²) in [5.41, 5.74) is 0.848. The molecule has 0 heterocycles. The third kappa shape index (κ3) is 3.77. The Morgan fingerprint density at radius 3 is 2.26 bits per heavy atom. The van der Waals surface area contributed by atoms with Crippen molar-refractivity contribution in [3.8, 4) is 0 Å². The van der Waals surface area contributed by atoms with Gasteiger partial charge in [-0.1, -0.05) is 24.3 Å². The molecule has 0 aromatic heterocycles. The minimum atomic E-state index is -2.00. The Kier molecular flexibility index (Phi) is 5.48. The van der Waals surface area contributed by atoms with E-state index in [0.717, 1.165) is 0 Å². The van der Waals surface area contributed by atoms with Gasteiger partial charge in [-0.05, 0) is 26.3 Å². The van der Waals surface area contributed by atoms with Crippen LogP contribution in [0.5, 0.6) is 0 Å². The molecular weight excluding hydrogens is 252 g/mol. The molecule has 1 aromatic rings. The van der Waals surface area contributed by atoms with Crippen LogP contribution < -0.4 is 0 Å². The molecule has 1 rings (SSSR count). The number of carbonyl (C=O) groups excluding carboxylic acids is 1. The molecule has 5 heteroatoms. The number of ether oxygens (including phenoxy) is 1. The highest BCUT2D eigenvalue weighted by Crippen LogP contribution is 2.25. The van der Waals surface area contributed by atoms with Crippen molar-refractivity contribution in [3.05, 3.63) is 41.5 Å². The number of carbonyl (C=O) groups is 1. The number of benzene rings is 1. The van der Waals surface area contributed by atoms with Crippen molar-refractivity contribution in [1.29, 1.82) is 0 Å². The number of rotatable bonds is 4. The van der Waals surface area contributed by atoms with Crippen LogP contribution in [-0.2, 0) is 4.74 Å². The summed E-state index contributed by atoms with van der Waals surface area (Å²) in [6.07, 6.45) is -2.77. The molecule has 3 nitrogen and oxygen atoms in total. The first-order valence-electron chi connectivity index (χ1n) is 6.09. The third-order valence-electron chi connectivity index (χ3n) is 2.77. The second kappa shape index (κ2) is 6.87. The summed E-state index contributed by atoms with van der Waals surface area (Å²) in [6.45, 7) is 6.01. The van der Waals surface area contributed by atoms with Gasteiger partial charge in [-0.25, -0.2) is 4.79 Å². The maximum absolute atomic E-state index is 13.0. The zero-order valence-electron chi connectivity index (χ0n) is 11.2. The average Bonchev–Trinajstić information content (AvgIpc) is 2.38. The topological polar surface area (TPSA) is 29.5 Å². The van der Waals surface area contributed by atoms with Crippen LogP contribution in [0.1, 0.15) is 25.0 Å². The van der Waals surface area contributed by atoms with Crippen LogP contribution in [-0.4, -0.2) is 24.1 Å². The van der Waals surface area contributed by atoms with E-state index in [1.807, 2.05) is 0 Å². The number of halogens is 2. The van der Waals surface area contributed by atoms with Gasteiger partial charge in [-0.3, -0.25) is 0 Å². The van der Waals surface area contributed by atoms with Gasteiger partial charge in [0.1, 0.15) is 0 Å². The van der Waals surface area contributed by atoms with E-state index < -0.39 is 17.9 Å². The Bertz CT molecular complexity index is 478. The minimum absolute atomic E-state index is 0.225. The largest absolute Gasteiger partial charge is 0.415 e. The number of hydrogen-bond acceptors (Lipinski definition) is 2. The van der Waals surface area contributed by atoms with Crippen molar-refractivity contribution in [2.75, 3.05) is 13.1 Å². The Morgan fingerprint density at radius 2 is 1.79 bits per heavy atom. The SMILES string of the molecule is CCN(CC)C(=O)OC(=C(F)F)c1ccccc1C. The molecule has 0 N–H and O–H groups in total. The highest BCUT2D eigenvalue weighted by molar-refractivity contribution is 5.78. The number of hydrogen-bond donors (Lipinski definition) is 0. The number of nitrogens with zero attached hydrogens (tertiary/aromatic N) is 1. The first-order valence-corrected chi connectivity index (χ1v) is 6.09. The lowest BCUT2D eigenvalue weighted by atomic mass is 10.1.